The molecule has 1 aliphatic rings. The number of hydrogen-bond donors (Lipinski definition) is 4. The van der Waals surface area contributed by atoms with E-state index in [1.807, 2.05) is 0 Å². The van der Waals surface area contributed by atoms with Crippen LogP contribution in [0.2, 0.25) is 5.02 Å². The molecule has 0 aromatic carbocycles. The molecular formula is C11H15ClN4O5. The minimum absolute atomic E-state index is 0.0347. The minimum Gasteiger partial charge on any atom is -0.480 e. The smallest absolute Gasteiger partial charge is 0.329 e. The average Bonchev–Trinajstić information content (AvgIpc) is 2.78. The van der Waals surface area contributed by atoms with Crippen molar-refractivity contribution in [3.05, 3.63) is 10.7 Å². The van der Waals surface area contributed by atoms with E-state index in [0.29, 0.717) is 13.0 Å². The van der Waals surface area contributed by atoms with Gasteiger partial charge >= 0.3 is 5.97 Å². The molecular weight excluding hydrogens is 304 g/mol. The van der Waals surface area contributed by atoms with Gasteiger partial charge in [-0.25, -0.2) is 4.79 Å². The number of H-pyrrole nitrogens is 1. The number of nitrogens with one attached hydrogen (secondary N) is 2. The maximum atomic E-state index is 12.1. The molecule has 2 atom stereocenters. The van der Waals surface area contributed by atoms with Gasteiger partial charge in [0.05, 0.1) is 12.6 Å². The molecule has 1 aliphatic heterocycles. The monoisotopic (exact) mass is 318 g/mol. The number of rotatable bonds is 5. The molecule has 10 heteroatoms. The van der Waals surface area contributed by atoms with Gasteiger partial charge < -0.3 is 25.6 Å². The second kappa shape index (κ2) is 6.74. The standard InChI is InChI=1S/C11H15ClN4O5/c12-8-9(15-16-10(8)13)11(19)14-5-1-2-20-3-6(5)21-4-7(17)18/h5-6H,1-4H2,(H,14,19)(H,17,18)(H3,13,15,16)/t5-,6-/m1/s1. The molecule has 1 fully saturated rings. The van der Waals surface area contributed by atoms with E-state index in [9.17, 15) is 9.59 Å². The number of carbonyl (C=O) groups is 2. The van der Waals surface area contributed by atoms with Crippen LogP contribution in [0.4, 0.5) is 5.82 Å². The van der Waals surface area contributed by atoms with Crippen molar-refractivity contribution in [2.75, 3.05) is 25.6 Å². The molecule has 0 saturated carbocycles. The van der Waals surface area contributed by atoms with E-state index in [1.54, 1.807) is 0 Å². The Morgan fingerprint density at radius 1 is 1.62 bits per heavy atom. The summed E-state index contributed by atoms with van der Waals surface area (Å²) in [6.07, 6.45) is -0.0464. The van der Waals surface area contributed by atoms with Crippen LogP contribution >= 0.6 is 11.6 Å². The predicted molar refractivity (Wildman–Crippen MR) is 72.1 cm³/mol. The van der Waals surface area contributed by atoms with Crippen LogP contribution in [0.3, 0.4) is 0 Å². The van der Waals surface area contributed by atoms with E-state index in [1.165, 1.54) is 0 Å². The summed E-state index contributed by atoms with van der Waals surface area (Å²) in [6.45, 7) is 0.186. The summed E-state index contributed by atoms with van der Waals surface area (Å²) in [5.41, 5.74) is 5.51. The summed E-state index contributed by atoms with van der Waals surface area (Å²) in [7, 11) is 0. The second-order valence-corrected chi connectivity index (χ2v) is 4.86. The summed E-state index contributed by atoms with van der Waals surface area (Å²) in [5, 5.41) is 17.5. The quantitative estimate of drug-likeness (QED) is 0.581. The SMILES string of the molecule is Nc1n[nH]c(C(=O)N[C@@H]2CCOC[C@H]2OCC(=O)O)c1Cl. The molecule has 0 aliphatic carbocycles. The number of amides is 1. The fraction of sp³-hybridized carbons (Fsp3) is 0.545. The summed E-state index contributed by atoms with van der Waals surface area (Å²) >= 11 is 5.85. The van der Waals surface area contributed by atoms with Crippen molar-refractivity contribution in [2.45, 2.75) is 18.6 Å². The molecule has 0 spiro atoms. The fourth-order valence-corrected chi connectivity index (χ4v) is 2.12. The van der Waals surface area contributed by atoms with Crippen LogP contribution in [0, 0.1) is 0 Å². The zero-order valence-electron chi connectivity index (χ0n) is 11.0. The number of carbonyl (C=O) groups excluding carboxylic acids is 1. The van der Waals surface area contributed by atoms with Gasteiger partial charge in [0.25, 0.3) is 5.91 Å². The molecule has 116 valence electrons. The number of anilines is 1. The first-order valence-electron chi connectivity index (χ1n) is 6.20. The molecule has 5 N–H and O–H groups in total. The topological polar surface area (TPSA) is 140 Å². The third-order valence-corrected chi connectivity index (χ3v) is 3.38. The number of halogens is 1. The van der Waals surface area contributed by atoms with E-state index < -0.39 is 24.6 Å². The number of nitrogen functional groups attached to an aromatic ring is 1. The van der Waals surface area contributed by atoms with Crippen molar-refractivity contribution in [1.82, 2.24) is 15.5 Å². The average molecular weight is 319 g/mol. The molecule has 1 aromatic heterocycles. The number of ether oxygens (including phenoxy) is 2. The van der Waals surface area contributed by atoms with Crippen LogP contribution in [-0.2, 0) is 14.3 Å². The van der Waals surface area contributed by atoms with Crippen LogP contribution < -0.4 is 11.1 Å². The summed E-state index contributed by atoms with van der Waals surface area (Å²) < 4.78 is 10.4. The Morgan fingerprint density at radius 3 is 3.00 bits per heavy atom. The van der Waals surface area contributed by atoms with Crippen molar-refractivity contribution in [3.63, 3.8) is 0 Å². The van der Waals surface area contributed by atoms with Crippen LogP contribution in [-0.4, -0.2) is 59.1 Å². The fourth-order valence-electron chi connectivity index (χ4n) is 1.95. The summed E-state index contributed by atoms with van der Waals surface area (Å²) in [6, 6.07) is -0.383. The molecule has 0 unspecified atom stereocenters. The van der Waals surface area contributed by atoms with Crippen molar-refractivity contribution in [1.29, 1.82) is 0 Å². The van der Waals surface area contributed by atoms with Gasteiger partial charge in [0.15, 0.2) is 5.82 Å². The molecule has 2 heterocycles. The highest BCUT2D eigenvalue weighted by atomic mass is 35.5. The second-order valence-electron chi connectivity index (χ2n) is 4.48. The van der Waals surface area contributed by atoms with Crippen LogP contribution in [0.5, 0.6) is 0 Å². The lowest BCUT2D eigenvalue weighted by molar-refractivity contribution is -0.148. The van der Waals surface area contributed by atoms with Gasteiger partial charge in [-0.15, -0.1) is 0 Å². The van der Waals surface area contributed by atoms with E-state index in [0.717, 1.165) is 0 Å². The van der Waals surface area contributed by atoms with E-state index in [2.05, 4.69) is 15.5 Å². The van der Waals surface area contributed by atoms with Gasteiger partial charge in [-0.05, 0) is 6.42 Å². The number of carboxylic acid groups (broad SMARTS) is 1. The lowest BCUT2D eigenvalue weighted by Crippen LogP contribution is -2.50. The van der Waals surface area contributed by atoms with Crippen molar-refractivity contribution >= 4 is 29.3 Å². The summed E-state index contributed by atoms with van der Waals surface area (Å²) in [4.78, 5) is 22.6. The normalized spacial score (nSPS) is 22.0. The maximum Gasteiger partial charge on any atom is 0.329 e. The van der Waals surface area contributed by atoms with Crippen LogP contribution in [0.1, 0.15) is 16.9 Å². The lowest BCUT2D eigenvalue weighted by Gasteiger charge is -2.31. The lowest BCUT2D eigenvalue weighted by atomic mass is 10.1. The molecule has 1 aromatic rings. The number of aromatic nitrogens is 2. The zero-order valence-corrected chi connectivity index (χ0v) is 11.7. The first-order valence-corrected chi connectivity index (χ1v) is 6.58. The zero-order chi connectivity index (χ0) is 15.4. The highest BCUT2D eigenvalue weighted by molar-refractivity contribution is 6.35. The number of aromatic amines is 1. The van der Waals surface area contributed by atoms with E-state index >= 15 is 0 Å². The Morgan fingerprint density at radius 2 is 2.38 bits per heavy atom. The van der Waals surface area contributed by atoms with Crippen LogP contribution in [0.15, 0.2) is 0 Å². The minimum atomic E-state index is -1.09. The number of carboxylic acids is 1. The number of nitrogens with zero attached hydrogens (tertiary/aromatic N) is 1. The Bertz CT molecular complexity index is 535. The third-order valence-electron chi connectivity index (χ3n) is 3.00. The summed E-state index contributed by atoms with van der Waals surface area (Å²) in [5.74, 6) is -1.54. The predicted octanol–water partition coefficient (Wildman–Crippen LogP) is -0.366. The number of hydrogen-bond acceptors (Lipinski definition) is 6. The highest BCUT2D eigenvalue weighted by Gasteiger charge is 2.30. The highest BCUT2D eigenvalue weighted by Crippen LogP contribution is 2.20. The first kappa shape index (κ1) is 15.5. The van der Waals surface area contributed by atoms with Crippen molar-refractivity contribution < 1.29 is 24.2 Å². The molecule has 1 saturated heterocycles. The van der Waals surface area contributed by atoms with Gasteiger partial charge in [-0.2, -0.15) is 5.10 Å². The van der Waals surface area contributed by atoms with Gasteiger partial charge in [-0.3, -0.25) is 9.89 Å². The number of nitrogens with two attached hydrogens (primary N) is 1. The Labute approximate surface area is 124 Å². The van der Waals surface area contributed by atoms with Crippen LogP contribution in [0.25, 0.3) is 0 Å². The first-order chi connectivity index (χ1) is 9.99. The molecule has 9 nitrogen and oxygen atoms in total. The van der Waals surface area contributed by atoms with Gasteiger partial charge in [0.2, 0.25) is 0 Å². The molecule has 21 heavy (non-hydrogen) atoms. The third kappa shape index (κ3) is 3.84. The van der Waals surface area contributed by atoms with E-state index in [-0.39, 0.29) is 29.2 Å². The molecule has 1 amide bonds. The van der Waals surface area contributed by atoms with Gasteiger partial charge in [-0.1, -0.05) is 11.6 Å². The largest absolute Gasteiger partial charge is 0.480 e. The number of aliphatic carboxylic acids is 1. The van der Waals surface area contributed by atoms with Gasteiger partial charge in [0.1, 0.15) is 23.4 Å². The molecule has 0 radical (unpaired) electrons. The van der Waals surface area contributed by atoms with E-state index in [4.69, 9.17) is 31.9 Å². The Hall–Kier alpha value is -1.84. The van der Waals surface area contributed by atoms with Crippen molar-refractivity contribution in [3.8, 4) is 0 Å². The van der Waals surface area contributed by atoms with Gasteiger partial charge in [0, 0.05) is 6.61 Å². The Kier molecular flexibility index (Phi) is 4.99. The maximum absolute atomic E-state index is 12.1. The molecule has 2 rings (SSSR count). The van der Waals surface area contributed by atoms with Crippen molar-refractivity contribution in [2.24, 2.45) is 0 Å². The Balaban J connectivity index is 1.99. The molecule has 0 bridgehead atoms.